The predicted octanol–water partition coefficient (Wildman–Crippen LogP) is 1.99. The van der Waals surface area contributed by atoms with E-state index in [1.807, 2.05) is 14.0 Å². The molecule has 18 heavy (non-hydrogen) atoms. The molecule has 0 spiro atoms. The highest BCUT2D eigenvalue weighted by Gasteiger charge is 2.20. The Kier molecular flexibility index (Phi) is 9.68. The molecule has 0 fully saturated rings. The van der Waals surface area contributed by atoms with Gasteiger partial charge in [-0.05, 0) is 33.2 Å². The summed E-state index contributed by atoms with van der Waals surface area (Å²) in [6.07, 6.45) is 3.83. The first-order valence-electron chi connectivity index (χ1n) is 6.99. The van der Waals surface area contributed by atoms with Crippen LogP contribution in [0.4, 0.5) is 0 Å². The van der Waals surface area contributed by atoms with Crippen molar-refractivity contribution in [3.05, 3.63) is 0 Å². The maximum absolute atomic E-state index is 11.4. The Balaban J connectivity index is 4.22. The molecule has 4 nitrogen and oxygen atoms in total. The Labute approximate surface area is 112 Å². The zero-order chi connectivity index (χ0) is 14.0. The minimum atomic E-state index is -2.84. The van der Waals surface area contributed by atoms with E-state index >= 15 is 0 Å². The molecule has 0 bridgehead atoms. The lowest BCUT2D eigenvalue weighted by molar-refractivity contribution is 0.0277. The molecule has 1 N–H and O–H groups in total. The third-order valence-electron chi connectivity index (χ3n) is 3.18. The first-order chi connectivity index (χ1) is 8.50. The van der Waals surface area contributed by atoms with Gasteiger partial charge in [-0.2, -0.15) is 0 Å². The minimum absolute atomic E-state index is 0.189. The summed E-state index contributed by atoms with van der Waals surface area (Å²) in [7, 11) is -0.925. The molecule has 0 saturated carbocycles. The van der Waals surface area contributed by atoms with Crippen LogP contribution < -0.4 is 5.32 Å². The van der Waals surface area contributed by atoms with E-state index in [9.17, 15) is 8.42 Å². The van der Waals surface area contributed by atoms with Gasteiger partial charge in [0.25, 0.3) is 0 Å². The van der Waals surface area contributed by atoms with E-state index in [2.05, 4.69) is 12.2 Å². The summed E-state index contributed by atoms with van der Waals surface area (Å²) in [6.45, 7) is 6.54. The van der Waals surface area contributed by atoms with Gasteiger partial charge in [-0.1, -0.05) is 20.3 Å². The highest BCUT2D eigenvalue weighted by molar-refractivity contribution is 7.91. The van der Waals surface area contributed by atoms with E-state index in [0.29, 0.717) is 13.0 Å². The Hall–Kier alpha value is -0.130. The molecule has 0 saturated heterocycles. The third-order valence-corrected chi connectivity index (χ3v) is 4.97. The number of nitrogens with one attached hydrogen (secondary N) is 1. The fraction of sp³-hybridized carbons (Fsp3) is 1.00. The lowest BCUT2D eigenvalue weighted by atomic mass is 10.0. The summed E-state index contributed by atoms with van der Waals surface area (Å²) in [5.41, 5.74) is 0. The molecule has 0 amide bonds. The Morgan fingerprint density at radius 2 is 1.83 bits per heavy atom. The molecule has 0 aromatic carbocycles. The van der Waals surface area contributed by atoms with Crippen molar-refractivity contribution >= 4 is 9.84 Å². The van der Waals surface area contributed by atoms with Gasteiger partial charge in [-0.3, -0.25) is 0 Å². The molecule has 0 heterocycles. The summed E-state index contributed by atoms with van der Waals surface area (Å²) in [6, 6.07) is 0.247. The fourth-order valence-electron chi connectivity index (χ4n) is 2.08. The first kappa shape index (κ1) is 17.9. The summed E-state index contributed by atoms with van der Waals surface area (Å²) in [5, 5.41) is 3.26. The number of rotatable bonds is 11. The molecular formula is C13H29NO3S. The van der Waals surface area contributed by atoms with Crippen LogP contribution in [0.15, 0.2) is 0 Å². The largest absolute Gasteiger partial charge is 0.377 e. The van der Waals surface area contributed by atoms with Gasteiger partial charge < -0.3 is 10.1 Å². The van der Waals surface area contributed by atoms with Gasteiger partial charge in [0.1, 0.15) is 9.84 Å². The zero-order valence-electron chi connectivity index (χ0n) is 12.2. The maximum atomic E-state index is 11.4. The van der Waals surface area contributed by atoms with E-state index in [4.69, 9.17) is 4.74 Å². The maximum Gasteiger partial charge on any atom is 0.150 e. The number of hydrogen-bond acceptors (Lipinski definition) is 4. The number of sulfone groups is 1. The van der Waals surface area contributed by atoms with E-state index in [1.165, 1.54) is 0 Å². The Morgan fingerprint density at radius 1 is 1.17 bits per heavy atom. The average molecular weight is 279 g/mol. The van der Waals surface area contributed by atoms with Crippen LogP contribution in [0.5, 0.6) is 0 Å². The standard InChI is InChI=1S/C13H29NO3S/c1-5-9-13(17-6-2)12(14-4)10-8-11-18(15,16)7-3/h12-14H,5-11H2,1-4H3. The molecule has 0 aliphatic heterocycles. The van der Waals surface area contributed by atoms with Gasteiger partial charge in [0.05, 0.1) is 11.9 Å². The van der Waals surface area contributed by atoms with Gasteiger partial charge in [0, 0.05) is 18.4 Å². The molecule has 0 aliphatic carbocycles. The van der Waals surface area contributed by atoms with E-state index < -0.39 is 9.84 Å². The van der Waals surface area contributed by atoms with Crippen LogP contribution in [0.1, 0.15) is 46.5 Å². The number of hydrogen-bond donors (Lipinski definition) is 1. The van der Waals surface area contributed by atoms with Crippen LogP contribution in [0.25, 0.3) is 0 Å². The Bertz CT molecular complexity index is 285. The zero-order valence-corrected chi connectivity index (χ0v) is 13.1. The molecule has 2 atom stereocenters. The van der Waals surface area contributed by atoms with Gasteiger partial charge in [-0.25, -0.2) is 8.42 Å². The van der Waals surface area contributed by atoms with Crippen LogP contribution in [0.3, 0.4) is 0 Å². The third kappa shape index (κ3) is 7.34. The molecule has 0 aliphatic rings. The van der Waals surface area contributed by atoms with Crippen molar-refractivity contribution in [1.29, 1.82) is 0 Å². The molecule has 0 rings (SSSR count). The fourth-order valence-corrected chi connectivity index (χ4v) is 2.98. The summed E-state index contributed by atoms with van der Waals surface area (Å²) >= 11 is 0. The van der Waals surface area contributed by atoms with Crippen LogP contribution in [0, 0.1) is 0 Å². The van der Waals surface area contributed by atoms with Crippen molar-refractivity contribution in [1.82, 2.24) is 5.32 Å². The van der Waals surface area contributed by atoms with Crippen molar-refractivity contribution < 1.29 is 13.2 Å². The second-order valence-corrected chi connectivity index (χ2v) is 7.03. The summed E-state index contributed by atoms with van der Waals surface area (Å²) in [4.78, 5) is 0. The second kappa shape index (κ2) is 9.75. The van der Waals surface area contributed by atoms with Gasteiger partial charge in [-0.15, -0.1) is 0 Å². The van der Waals surface area contributed by atoms with Crippen LogP contribution in [-0.2, 0) is 14.6 Å². The highest BCUT2D eigenvalue weighted by Crippen LogP contribution is 2.13. The normalized spacial score (nSPS) is 15.6. The van der Waals surface area contributed by atoms with Crippen molar-refractivity contribution in [3.8, 4) is 0 Å². The molecular weight excluding hydrogens is 250 g/mol. The molecule has 0 radical (unpaired) electrons. The monoisotopic (exact) mass is 279 g/mol. The summed E-state index contributed by atoms with van der Waals surface area (Å²) in [5.74, 6) is 0.522. The van der Waals surface area contributed by atoms with Crippen LogP contribution in [-0.4, -0.2) is 45.7 Å². The smallest absolute Gasteiger partial charge is 0.150 e. The molecule has 0 aromatic rings. The SMILES string of the molecule is CCCC(OCC)C(CCCS(=O)(=O)CC)NC. The van der Waals surface area contributed by atoms with Gasteiger partial charge in [0.2, 0.25) is 0 Å². The first-order valence-corrected chi connectivity index (χ1v) is 8.82. The second-order valence-electron chi connectivity index (χ2n) is 4.56. The van der Waals surface area contributed by atoms with E-state index in [0.717, 1.165) is 19.3 Å². The van der Waals surface area contributed by atoms with Crippen molar-refractivity contribution in [2.75, 3.05) is 25.2 Å². The Morgan fingerprint density at radius 3 is 2.28 bits per heavy atom. The molecule has 2 unspecified atom stereocenters. The van der Waals surface area contributed by atoms with Crippen molar-refractivity contribution in [2.45, 2.75) is 58.6 Å². The topological polar surface area (TPSA) is 55.4 Å². The van der Waals surface area contributed by atoms with Crippen LogP contribution >= 0.6 is 0 Å². The van der Waals surface area contributed by atoms with Gasteiger partial charge >= 0.3 is 0 Å². The van der Waals surface area contributed by atoms with Crippen molar-refractivity contribution in [3.63, 3.8) is 0 Å². The predicted molar refractivity (Wildman–Crippen MR) is 76.7 cm³/mol. The van der Waals surface area contributed by atoms with Gasteiger partial charge in [0.15, 0.2) is 0 Å². The molecule has 0 aromatic heterocycles. The molecule has 110 valence electrons. The minimum Gasteiger partial charge on any atom is -0.377 e. The van der Waals surface area contributed by atoms with E-state index in [1.54, 1.807) is 6.92 Å². The lowest BCUT2D eigenvalue weighted by Crippen LogP contribution is -2.39. The molecule has 5 heteroatoms. The number of ether oxygens (including phenoxy) is 1. The highest BCUT2D eigenvalue weighted by atomic mass is 32.2. The van der Waals surface area contributed by atoms with E-state index in [-0.39, 0.29) is 23.7 Å². The average Bonchev–Trinajstić information content (AvgIpc) is 2.34. The number of likely N-dealkylation sites (N-methyl/N-ethyl adjacent to an activating group) is 1. The quantitative estimate of drug-likeness (QED) is 0.628. The van der Waals surface area contributed by atoms with Crippen LogP contribution in [0.2, 0.25) is 0 Å². The van der Waals surface area contributed by atoms with Crippen molar-refractivity contribution in [2.24, 2.45) is 0 Å². The lowest BCUT2D eigenvalue weighted by Gasteiger charge is -2.26. The summed E-state index contributed by atoms with van der Waals surface area (Å²) < 4.78 is 28.6.